The molecule has 0 aromatic carbocycles. The summed E-state index contributed by atoms with van der Waals surface area (Å²) in [6.45, 7) is 0.303. The van der Waals surface area contributed by atoms with Gasteiger partial charge in [0.1, 0.15) is 24.9 Å². The number of nitrogens with one attached hydrogen (secondary N) is 1. The van der Waals surface area contributed by atoms with E-state index in [9.17, 15) is 0 Å². The van der Waals surface area contributed by atoms with Crippen molar-refractivity contribution in [2.75, 3.05) is 5.73 Å². The van der Waals surface area contributed by atoms with Gasteiger partial charge in [-0.05, 0) is 23.8 Å². The van der Waals surface area contributed by atoms with Crippen molar-refractivity contribution in [3.05, 3.63) is 72.4 Å². The number of allylic oxidation sites excluding steroid dienone is 2. The van der Waals surface area contributed by atoms with E-state index in [1.165, 1.54) is 6.26 Å². The number of rotatable bonds is 6. The van der Waals surface area contributed by atoms with Gasteiger partial charge in [0.2, 0.25) is 5.89 Å². The van der Waals surface area contributed by atoms with Gasteiger partial charge < -0.3 is 24.7 Å². The molecule has 132 valence electrons. The van der Waals surface area contributed by atoms with E-state index >= 15 is 0 Å². The smallest absolute Gasteiger partial charge is 0.220 e. The maximum Gasteiger partial charge on any atom is 0.220 e. The first-order chi connectivity index (χ1) is 12.8. The van der Waals surface area contributed by atoms with Crippen molar-refractivity contribution < 1.29 is 13.7 Å². The average molecular weight is 351 g/mol. The Morgan fingerprint density at radius 2 is 2.23 bits per heavy atom. The molecule has 1 atom stereocenters. The number of hydrogen-bond acceptors (Lipinski definition) is 8. The van der Waals surface area contributed by atoms with Crippen LogP contribution in [0.1, 0.15) is 11.6 Å². The fraction of sp³-hybridized carbons (Fsp3) is 0.167. The zero-order valence-electron chi connectivity index (χ0n) is 13.8. The van der Waals surface area contributed by atoms with Crippen molar-refractivity contribution in [1.29, 1.82) is 0 Å². The van der Waals surface area contributed by atoms with E-state index in [1.54, 1.807) is 12.4 Å². The topological polar surface area (TPSA) is 112 Å². The third kappa shape index (κ3) is 3.65. The van der Waals surface area contributed by atoms with Crippen LogP contribution in [0.15, 0.2) is 69.7 Å². The van der Waals surface area contributed by atoms with Crippen LogP contribution in [0.2, 0.25) is 0 Å². The fourth-order valence-electron chi connectivity index (χ4n) is 2.56. The van der Waals surface area contributed by atoms with Crippen LogP contribution in [-0.4, -0.2) is 21.4 Å². The molecule has 4 heterocycles. The minimum atomic E-state index is -0.228. The van der Waals surface area contributed by atoms with E-state index in [1.807, 2.05) is 36.6 Å². The van der Waals surface area contributed by atoms with Gasteiger partial charge in [0, 0.05) is 24.9 Å². The highest BCUT2D eigenvalue weighted by atomic mass is 16.5. The van der Waals surface area contributed by atoms with E-state index in [0.29, 0.717) is 30.5 Å². The number of pyridine rings is 1. The molecule has 3 aromatic rings. The number of ether oxygens (including phenoxy) is 1. The van der Waals surface area contributed by atoms with Gasteiger partial charge in [-0.2, -0.15) is 0 Å². The lowest BCUT2D eigenvalue weighted by molar-refractivity contribution is 0.0445. The molecule has 0 saturated heterocycles. The quantitative estimate of drug-likeness (QED) is 0.696. The van der Waals surface area contributed by atoms with Crippen molar-refractivity contribution in [2.45, 2.75) is 19.3 Å². The lowest BCUT2D eigenvalue weighted by Crippen LogP contribution is -2.28. The van der Waals surface area contributed by atoms with Gasteiger partial charge in [0.25, 0.3) is 0 Å². The van der Waals surface area contributed by atoms with E-state index in [4.69, 9.17) is 19.4 Å². The van der Waals surface area contributed by atoms with Crippen LogP contribution in [0.5, 0.6) is 0 Å². The summed E-state index contributed by atoms with van der Waals surface area (Å²) in [5.74, 6) is 1.56. The molecule has 3 aromatic heterocycles. The van der Waals surface area contributed by atoms with Crippen LogP contribution in [0.3, 0.4) is 0 Å². The van der Waals surface area contributed by atoms with Crippen LogP contribution >= 0.6 is 0 Å². The molecule has 1 aliphatic rings. The Morgan fingerprint density at radius 3 is 3.00 bits per heavy atom. The molecular weight excluding hydrogens is 334 g/mol. The summed E-state index contributed by atoms with van der Waals surface area (Å²) in [6, 6.07) is 5.53. The number of aromatic nitrogens is 3. The largest absolute Gasteiger partial charge is 0.446 e. The summed E-state index contributed by atoms with van der Waals surface area (Å²) in [6.07, 6.45) is 11.0. The third-order valence-electron chi connectivity index (χ3n) is 3.84. The van der Waals surface area contributed by atoms with Crippen molar-refractivity contribution in [1.82, 2.24) is 20.4 Å². The summed E-state index contributed by atoms with van der Waals surface area (Å²) < 4.78 is 16.2. The molecule has 0 spiro atoms. The molecule has 4 rings (SSSR count). The number of nitrogen functional groups attached to an aromatic ring is 1. The Bertz CT molecular complexity index is 930. The second-order valence-electron chi connectivity index (χ2n) is 5.70. The Hall–Kier alpha value is -3.39. The molecule has 3 N–H and O–H groups in total. The van der Waals surface area contributed by atoms with Crippen LogP contribution in [0.25, 0.3) is 11.3 Å². The maximum atomic E-state index is 5.87. The minimum Gasteiger partial charge on any atom is -0.446 e. The second-order valence-corrected chi connectivity index (χ2v) is 5.70. The molecule has 0 amide bonds. The second kappa shape index (κ2) is 7.24. The highest BCUT2D eigenvalue weighted by molar-refractivity contribution is 5.69. The van der Waals surface area contributed by atoms with Gasteiger partial charge in [-0.1, -0.05) is 11.2 Å². The summed E-state index contributed by atoms with van der Waals surface area (Å²) >= 11 is 0. The van der Waals surface area contributed by atoms with Gasteiger partial charge >= 0.3 is 0 Å². The molecule has 0 aliphatic carbocycles. The van der Waals surface area contributed by atoms with Crippen molar-refractivity contribution >= 4 is 5.82 Å². The van der Waals surface area contributed by atoms with Crippen LogP contribution in [-0.2, 0) is 17.8 Å². The third-order valence-corrected chi connectivity index (χ3v) is 3.84. The molecule has 0 radical (unpaired) electrons. The SMILES string of the molecule is Nc1ncccc1-c1cc(CC2=CNC(OCc3ncco3)C=C2)no1. The molecule has 26 heavy (non-hydrogen) atoms. The first-order valence-corrected chi connectivity index (χ1v) is 8.07. The van der Waals surface area contributed by atoms with E-state index in [-0.39, 0.29) is 6.23 Å². The summed E-state index contributed by atoms with van der Waals surface area (Å²) in [5, 5.41) is 7.27. The zero-order valence-corrected chi connectivity index (χ0v) is 13.8. The van der Waals surface area contributed by atoms with E-state index in [0.717, 1.165) is 16.8 Å². The standard InChI is InChI=1S/C18H17N5O3/c19-18-14(2-1-5-21-18)15-9-13(23-26-15)8-12-3-4-16(22-10-12)25-11-17-20-6-7-24-17/h1-7,9-10,16,22H,8,11H2,(H2,19,21). The number of nitrogens with two attached hydrogens (primary N) is 1. The Labute approximate surface area is 149 Å². The number of anilines is 1. The highest BCUT2D eigenvalue weighted by Gasteiger charge is 2.13. The van der Waals surface area contributed by atoms with Gasteiger partial charge in [0.15, 0.2) is 5.76 Å². The van der Waals surface area contributed by atoms with Gasteiger partial charge in [-0.3, -0.25) is 0 Å². The number of nitrogens with zero attached hydrogens (tertiary/aromatic N) is 3. The monoisotopic (exact) mass is 351 g/mol. The molecular formula is C18H17N5O3. The molecule has 8 nitrogen and oxygen atoms in total. The minimum absolute atomic E-state index is 0.228. The average Bonchev–Trinajstić information content (AvgIpc) is 3.34. The first kappa shape index (κ1) is 16.1. The van der Waals surface area contributed by atoms with Crippen LogP contribution < -0.4 is 11.1 Å². The Kier molecular flexibility index (Phi) is 4.48. The molecule has 1 aliphatic heterocycles. The highest BCUT2D eigenvalue weighted by Crippen LogP contribution is 2.25. The summed E-state index contributed by atoms with van der Waals surface area (Å²) in [7, 11) is 0. The lowest BCUT2D eigenvalue weighted by atomic mass is 10.1. The number of hydrogen-bond donors (Lipinski definition) is 2. The van der Waals surface area contributed by atoms with Crippen molar-refractivity contribution in [3.8, 4) is 11.3 Å². The zero-order chi connectivity index (χ0) is 17.8. The summed E-state index contributed by atoms with van der Waals surface area (Å²) in [5.41, 5.74) is 8.46. The van der Waals surface area contributed by atoms with Crippen LogP contribution in [0.4, 0.5) is 5.82 Å². The molecule has 0 fully saturated rings. The van der Waals surface area contributed by atoms with Crippen molar-refractivity contribution in [3.63, 3.8) is 0 Å². The van der Waals surface area contributed by atoms with E-state index in [2.05, 4.69) is 20.4 Å². The number of oxazole rings is 1. The maximum absolute atomic E-state index is 5.87. The molecule has 0 saturated carbocycles. The molecule has 8 heteroatoms. The molecule has 1 unspecified atom stereocenters. The van der Waals surface area contributed by atoms with Gasteiger partial charge in [0.05, 0.1) is 17.5 Å². The van der Waals surface area contributed by atoms with Crippen LogP contribution in [0, 0.1) is 0 Å². The normalized spacial score (nSPS) is 16.3. The summed E-state index contributed by atoms with van der Waals surface area (Å²) in [4.78, 5) is 8.07. The first-order valence-electron chi connectivity index (χ1n) is 8.07. The van der Waals surface area contributed by atoms with Gasteiger partial charge in [-0.25, -0.2) is 9.97 Å². The lowest BCUT2D eigenvalue weighted by Gasteiger charge is -2.18. The number of dihydropyridines is 1. The molecule has 0 bridgehead atoms. The van der Waals surface area contributed by atoms with Crippen molar-refractivity contribution in [2.24, 2.45) is 0 Å². The Morgan fingerprint density at radius 1 is 1.27 bits per heavy atom. The predicted molar refractivity (Wildman–Crippen MR) is 93.3 cm³/mol. The van der Waals surface area contributed by atoms with E-state index < -0.39 is 0 Å². The predicted octanol–water partition coefficient (Wildman–Crippen LogP) is 2.44. The fourth-order valence-corrected chi connectivity index (χ4v) is 2.56. The van der Waals surface area contributed by atoms with Gasteiger partial charge in [-0.15, -0.1) is 0 Å². The Balaban J connectivity index is 1.34.